The Morgan fingerprint density at radius 1 is 1.38 bits per heavy atom. The van der Waals surface area contributed by atoms with E-state index in [1.165, 1.54) is 12.1 Å². The Balaban J connectivity index is 3.22. The number of hydrogen-bond donors (Lipinski definition) is 2. The van der Waals surface area contributed by atoms with E-state index in [4.69, 9.17) is 5.11 Å². The van der Waals surface area contributed by atoms with E-state index < -0.39 is 16.0 Å². The van der Waals surface area contributed by atoms with Crippen LogP contribution in [0.4, 0.5) is 0 Å². The molecule has 1 rings (SSSR count). The van der Waals surface area contributed by atoms with Crippen molar-refractivity contribution in [3.8, 4) is 0 Å². The fourth-order valence-corrected chi connectivity index (χ4v) is 4.43. The zero-order valence-corrected chi connectivity index (χ0v) is 14.1. The van der Waals surface area contributed by atoms with Gasteiger partial charge in [0.25, 0.3) is 0 Å². The number of hydrogen-bond acceptors (Lipinski definition) is 4. The molecular weight excluding hydrogens is 310 g/mol. The summed E-state index contributed by atoms with van der Waals surface area (Å²) in [7, 11) is -3.72. The molecule has 0 heterocycles. The summed E-state index contributed by atoms with van der Waals surface area (Å²) < 4.78 is 27.7. The summed E-state index contributed by atoms with van der Waals surface area (Å²) in [6.07, 6.45) is 3.12. The fraction of sp³-hybridized carbons (Fsp3) is 0.500. The van der Waals surface area contributed by atoms with Crippen molar-refractivity contribution in [3.05, 3.63) is 29.3 Å². The third-order valence-electron chi connectivity index (χ3n) is 3.17. The molecule has 118 valence electrons. The van der Waals surface area contributed by atoms with Crippen LogP contribution >= 0.6 is 11.8 Å². The van der Waals surface area contributed by atoms with Gasteiger partial charge in [0.1, 0.15) is 0 Å². The van der Waals surface area contributed by atoms with Gasteiger partial charge < -0.3 is 5.11 Å². The number of benzene rings is 1. The summed E-state index contributed by atoms with van der Waals surface area (Å²) >= 11 is 1.57. The van der Waals surface area contributed by atoms with Crippen molar-refractivity contribution in [1.29, 1.82) is 0 Å². The third-order valence-corrected chi connectivity index (χ3v) is 5.51. The number of carboxylic acid groups (broad SMARTS) is 1. The van der Waals surface area contributed by atoms with Crippen LogP contribution in [0.2, 0.25) is 0 Å². The summed E-state index contributed by atoms with van der Waals surface area (Å²) in [5.41, 5.74) is 0.594. The largest absolute Gasteiger partial charge is 0.478 e. The Morgan fingerprint density at radius 2 is 2.05 bits per heavy atom. The van der Waals surface area contributed by atoms with Gasteiger partial charge in [0.2, 0.25) is 10.0 Å². The second-order valence-electron chi connectivity index (χ2n) is 4.66. The molecule has 0 saturated heterocycles. The molecule has 0 aliphatic carbocycles. The minimum absolute atomic E-state index is 0.0227. The van der Waals surface area contributed by atoms with Crippen LogP contribution in [0.15, 0.2) is 23.1 Å². The smallest absolute Gasteiger partial charge is 0.335 e. The van der Waals surface area contributed by atoms with Crippen LogP contribution in [-0.2, 0) is 16.4 Å². The lowest BCUT2D eigenvalue weighted by Crippen LogP contribution is -2.36. The van der Waals surface area contributed by atoms with Crippen molar-refractivity contribution in [2.75, 3.05) is 12.0 Å². The van der Waals surface area contributed by atoms with Gasteiger partial charge in [0.15, 0.2) is 0 Å². The highest BCUT2D eigenvalue weighted by molar-refractivity contribution is 7.98. The Bertz CT molecular complexity index is 599. The first-order valence-electron chi connectivity index (χ1n) is 6.73. The van der Waals surface area contributed by atoms with Crippen LogP contribution in [0.25, 0.3) is 0 Å². The topological polar surface area (TPSA) is 83.5 Å². The second-order valence-corrected chi connectivity index (χ2v) is 7.26. The van der Waals surface area contributed by atoms with E-state index in [-0.39, 0.29) is 16.5 Å². The quantitative estimate of drug-likeness (QED) is 0.764. The van der Waals surface area contributed by atoms with E-state index in [0.717, 1.165) is 0 Å². The van der Waals surface area contributed by atoms with Gasteiger partial charge >= 0.3 is 5.97 Å². The molecule has 0 aromatic heterocycles. The van der Waals surface area contributed by atoms with Crippen LogP contribution in [0.3, 0.4) is 0 Å². The fourth-order valence-electron chi connectivity index (χ4n) is 1.95. The molecule has 0 saturated carbocycles. The van der Waals surface area contributed by atoms with Crippen molar-refractivity contribution in [2.24, 2.45) is 0 Å². The van der Waals surface area contributed by atoms with E-state index in [9.17, 15) is 13.2 Å². The Morgan fingerprint density at radius 3 is 2.52 bits per heavy atom. The van der Waals surface area contributed by atoms with Crippen molar-refractivity contribution < 1.29 is 18.3 Å². The minimum Gasteiger partial charge on any atom is -0.478 e. The summed E-state index contributed by atoms with van der Waals surface area (Å²) in [5, 5.41) is 9.03. The maximum Gasteiger partial charge on any atom is 0.335 e. The highest BCUT2D eigenvalue weighted by Crippen LogP contribution is 2.20. The minimum atomic E-state index is -3.72. The predicted octanol–water partition coefficient (Wildman–Crippen LogP) is 2.37. The molecule has 1 atom stereocenters. The summed E-state index contributed by atoms with van der Waals surface area (Å²) in [5.74, 6) is -0.458. The van der Waals surface area contributed by atoms with E-state index in [0.29, 0.717) is 24.2 Å². The molecule has 0 aliphatic rings. The first-order valence-corrected chi connectivity index (χ1v) is 9.60. The summed E-state index contributed by atoms with van der Waals surface area (Å²) in [4.78, 5) is 11.1. The van der Waals surface area contributed by atoms with E-state index in [2.05, 4.69) is 4.72 Å². The first kappa shape index (κ1) is 18.0. The van der Waals surface area contributed by atoms with E-state index >= 15 is 0 Å². The maximum atomic E-state index is 12.5. The van der Waals surface area contributed by atoms with Crippen LogP contribution in [0.5, 0.6) is 0 Å². The highest BCUT2D eigenvalue weighted by atomic mass is 32.2. The zero-order valence-electron chi connectivity index (χ0n) is 12.4. The molecule has 1 aromatic rings. The van der Waals surface area contributed by atoms with Gasteiger partial charge in [-0.2, -0.15) is 11.8 Å². The number of nitrogens with one attached hydrogen (secondary N) is 1. The van der Waals surface area contributed by atoms with Gasteiger partial charge in [0, 0.05) is 11.8 Å². The third kappa shape index (κ3) is 4.72. The normalized spacial score (nSPS) is 13.1. The number of carbonyl (C=O) groups is 1. The Hall–Kier alpha value is -1.05. The molecule has 0 aliphatic heterocycles. The predicted molar refractivity (Wildman–Crippen MR) is 85.6 cm³/mol. The zero-order chi connectivity index (χ0) is 16.0. The summed E-state index contributed by atoms with van der Waals surface area (Å²) in [6, 6.07) is 4.06. The Labute approximate surface area is 130 Å². The molecule has 5 nitrogen and oxygen atoms in total. The number of aryl methyl sites for hydroxylation is 1. The van der Waals surface area contributed by atoms with Crippen molar-refractivity contribution in [3.63, 3.8) is 0 Å². The van der Waals surface area contributed by atoms with Gasteiger partial charge in [-0.05, 0) is 36.8 Å². The van der Waals surface area contributed by atoms with Crippen LogP contribution < -0.4 is 4.72 Å². The van der Waals surface area contributed by atoms with Crippen molar-refractivity contribution in [2.45, 2.75) is 37.6 Å². The number of thioether (sulfide) groups is 1. The number of sulfonamides is 1. The highest BCUT2D eigenvalue weighted by Gasteiger charge is 2.22. The molecule has 0 spiro atoms. The van der Waals surface area contributed by atoms with E-state index in [1.54, 1.807) is 17.8 Å². The average molecular weight is 331 g/mol. The van der Waals surface area contributed by atoms with Crippen molar-refractivity contribution in [1.82, 2.24) is 4.72 Å². The first-order chi connectivity index (χ1) is 9.85. The average Bonchev–Trinajstić information content (AvgIpc) is 2.45. The molecule has 0 amide bonds. The number of carboxylic acids is 1. The van der Waals surface area contributed by atoms with E-state index in [1.807, 2.05) is 20.1 Å². The molecule has 0 radical (unpaired) electrons. The molecule has 21 heavy (non-hydrogen) atoms. The van der Waals surface area contributed by atoms with Gasteiger partial charge in [-0.15, -0.1) is 0 Å². The summed E-state index contributed by atoms with van der Waals surface area (Å²) in [6.45, 7) is 3.76. The molecule has 1 aromatic carbocycles. The molecule has 0 fully saturated rings. The standard InChI is InChI=1S/C14H21NO4S2/c1-4-10-6-7-11(14(16)17)8-13(10)21(18,19)15-12(5-2)9-20-3/h6-8,12,15H,4-5,9H2,1-3H3,(H,16,17). The van der Waals surface area contributed by atoms with Crippen molar-refractivity contribution >= 4 is 27.8 Å². The number of rotatable bonds is 8. The lowest BCUT2D eigenvalue weighted by Gasteiger charge is -2.17. The lowest BCUT2D eigenvalue weighted by atomic mass is 10.1. The van der Waals surface area contributed by atoms with Gasteiger partial charge in [-0.3, -0.25) is 0 Å². The molecule has 2 N–H and O–H groups in total. The monoisotopic (exact) mass is 331 g/mol. The maximum absolute atomic E-state index is 12.5. The molecule has 0 bridgehead atoms. The Kier molecular flexibility index (Phi) is 6.70. The van der Waals surface area contributed by atoms with Crippen LogP contribution in [0, 0.1) is 0 Å². The van der Waals surface area contributed by atoms with Gasteiger partial charge in [-0.1, -0.05) is 19.9 Å². The van der Waals surface area contributed by atoms with Gasteiger partial charge in [-0.25, -0.2) is 17.9 Å². The second kappa shape index (κ2) is 7.82. The molecular formula is C14H21NO4S2. The van der Waals surface area contributed by atoms with Crippen LogP contribution in [-0.4, -0.2) is 37.5 Å². The number of aromatic carboxylic acids is 1. The molecule has 1 unspecified atom stereocenters. The van der Waals surface area contributed by atoms with Crippen LogP contribution in [0.1, 0.15) is 36.2 Å². The van der Waals surface area contributed by atoms with Gasteiger partial charge in [0.05, 0.1) is 10.5 Å². The SMILES string of the molecule is CCc1ccc(C(=O)O)cc1S(=O)(=O)NC(CC)CSC. The lowest BCUT2D eigenvalue weighted by molar-refractivity contribution is 0.0696. The molecule has 7 heteroatoms.